The highest BCUT2D eigenvalue weighted by Crippen LogP contribution is 2.33. The van der Waals surface area contributed by atoms with Crippen LogP contribution in [0.2, 0.25) is 0 Å². The molecule has 0 bridgehead atoms. The average Bonchev–Trinajstić information content (AvgIpc) is 3.24. The van der Waals surface area contributed by atoms with Crippen LogP contribution < -0.4 is 16.1 Å². The minimum atomic E-state index is -0.631. The number of imidazole rings is 1. The van der Waals surface area contributed by atoms with Gasteiger partial charge in [0.05, 0.1) is 6.33 Å². The maximum absolute atomic E-state index is 13.3. The second-order valence-electron chi connectivity index (χ2n) is 7.10. The molecule has 1 amide bonds. The number of amides is 1. The number of aromatic nitrogens is 4. The Kier molecular flexibility index (Phi) is 3.80. The number of hydrogen-bond acceptors (Lipinski definition) is 4. The minimum Gasteiger partial charge on any atom is -0.312 e. The van der Waals surface area contributed by atoms with Crippen LogP contribution in [0.5, 0.6) is 0 Å². The third-order valence-corrected chi connectivity index (χ3v) is 5.39. The van der Waals surface area contributed by atoms with Crippen molar-refractivity contribution in [2.45, 2.75) is 32.4 Å². The van der Waals surface area contributed by atoms with E-state index < -0.39 is 17.3 Å². The lowest BCUT2D eigenvalue weighted by atomic mass is 10.1. The SMILES string of the molecule is CC1Cc2ccccc2N1C(=O)C(C)n1cnc2c1c(=O)n(C)c(=O)n2C. The van der Waals surface area contributed by atoms with Crippen LogP contribution in [-0.4, -0.2) is 30.6 Å². The lowest BCUT2D eigenvalue weighted by Gasteiger charge is -2.26. The van der Waals surface area contributed by atoms with Crippen molar-refractivity contribution in [1.29, 1.82) is 0 Å². The molecule has 8 heteroatoms. The predicted octanol–water partition coefficient (Wildman–Crippen LogP) is 0.973. The Bertz CT molecular complexity index is 1190. The van der Waals surface area contributed by atoms with Crippen LogP contribution in [0.3, 0.4) is 0 Å². The Hall–Kier alpha value is -3.16. The van der Waals surface area contributed by atoms with Gasteiger partial charge in [0, 0.05) is 25.8 Å². The van der Waals surface area contributed by atoms with Crippen molar-refractivity contribution >= 4 is 22.8 Å². The summed E-state index contributed by atoms with van der Waals surface area (Å²) in [6.45, 7) is 3.76. The van der Waals surface area contributed by atoms with Gasteiger partial charge in [-0.2, -0.15) is 0 Å². The van der Waals surface area contributed by atoms with Crippen LogP contribution in [0.4, 0.5) is 5.69 Å². The Balaban J connectivity index is 1.83. The van der Waals surface area contributed by atoms with Crippen LogP contribution >= 0.6 is 0 Å². The number of rotatable bonds is 2. The molecule has 0 spiro atoms. The molecule has 0 fully saturated rings. The fourth-order valence-corrected chi connectivity index (χ4v) is 3.88. The number of hydrogen-bond donors (Lipinski definition) is 0. The standard InChI is InChI=1S/C19H21N5O3/c1-11-9-13-7-5-6-8-14(13)24(11)17(25)12(2)23-10-20-16-15(23)18(26)22(4)19(27)21(16)3/h5-8,10-12H,9H2,1-4H3. The number of anilines is 1. The molecule has 4 rings (SSSR count). The molecule has 3 aromatic rings. The molecule has 2 unspecified atom stereocenters. The Labute approximate surface area is 155 Å². The molecule has 1 aliphatic heterocycles. The first-order valence-corrected chi connectivity index (χ1v) is 8.86. The fraction of sp³-hybridized carbons (Fsp3) is 0.368. The van der Waals surface area contributed by atoms with Crippen molar-refractivity contribution in [1.82, 2.24) is 18.7 Å². The number of aryl methyl sites for hydroxylation is 1. The molecule has 8 nitrogen and oxygen atoms in total. The normalized spacial score (nSPS) is 17.3. The highest BCUT2D eigenvalue weighted by molar-refractivity contribution is 5.99. The maximum atomic E-state index is 13.3. The lowest BCUT2D eigenvalue weighted by molar-refractivity contribution is -0.121. The zero-order valence-corrected chi connectivity index (χ0v) is 15.7. The summed E-state index contributed by atoms with van der Waals surface area (Å²) >= 11 is 0. The van der Waals surface area contributed by atoms with Gasteiger partial charge >= 0.3 is 5.69 Å². The molecule has 0 aliphatic carbocycles. The number of carbonyl (C=O) groups excluding carboxylic acids is 1. The highest BCUT2D eigenvalue weighted by Gasteiger charge is 2.34. The third kappa shape index (κ3) is 2.36. The molecular weight excluding hydrogens is 346 g/mol. The molecule has 3 heterocycles. The van der Waals surface area contributed by atoms with E-state index in [4.69, 9.17) is 0 Å². The first kappa shape index (κ1) is 17.3. The van der Waals surface area contributed by atoms with Crippen molar-refractivity contribution in [2.24, 2.45) is 14.1 Å². The molecule has 2 aromatic heterocycles. The minimum absolute atomic E-state index is 0.0410. The average molecular weight is 367 g/mol. The fourth-order valence-electron chi connectivity index (χ4n) is 3.88. The van der Waals surface area contributed by atoms with Crippen molar-refractivity contribution < 1.29 is 4.79 Å². The van der Waals surface area contributed by atoms with Crippen molar-refractivity contribution in [2.75, 3.05) is 4.90 Å². The molecule has 0 radical (unpaired) electrons. The lowest BCUT2D eigenvalue weighted by Crippen LogP contribution is -2.41. The smallest absolute Gasteiger partial charge is 0.312 e. The summed E-state index contributed by atoms with van der Waals surface area (Å²) in [5.41, 5.74) is 1.67. The molecular formula is C19H21N5O3. The van der Waals surface area contributed by atoms with E-state index in [1.54, 1.807) is 23.4 Å². The molecule has 0 saturated heterocycles. The monoisotopic (exact) mass is 367 g/mol. The molecule has 2 atom stereocenters. The van der Waals surface area contributed by atoms with Crippen LogP contribution in [0.15, 0.2) is 40.2 Å². The van der Waals surface area contributed by atoms with E-state index >= 15 is 0 Å². The van der Waals surface area contributed by atoms with E-state index in [0.29, 0.717) is 0 Å². The van der Waals surface area contributed by atoms with Gasteiger partial charge in [-0.05, 0) is 31.9 Å². The first-order chi connectivity index (χ1) is 12.8. The summed E-state index contributed by atoms with van der Waals surface area (Å²) in [5, 5.41) is 0. The number of para-hydroxylation sites is 1. The second kappa shape index (κ2) is 5.94. The highest BCUT2D eigenvalue weighted by atomic mass is 16.2. The molecule has 27 heavy (non-hydrogen) atoms. The number of carbonyl (C=O) groups is 1. The van der Waals surface area contributed by atoms with Gasteiger partial charge < -0.3 is 9.47 Å². The third-order valence-electron chi connectivity index (χ3n) is 5.39. The summed E-state index contributed by atoms with van der Waals surface area (Å²) in [4.78, 5) is 44.1. The molecule has 1 aliphatic rings. The summed E-state index contributed by atoms with van der Waals surface area (Å²) in [6.07, 6.45) is 2.26. The van der Waals surface area contributed by atoms with E-state index in [2.05, 4.69) is 4.98 Å². The summed E-state index contributed by atoms with van der Waals surface area (Å²) in [5.74, 6) is -0.109. The molecule has 140 valence electrons. The molecule has 1 aromatic carbocycles. The maximum Gasteiger partial charge on any atom is 0.332 e. The van der Waals surface area contributed by atoms with Crippen LogP contribution in [0, 0.1) is 0 Å². The largest absolute Gasteiger partial charge is 0.332 e. The number of fused-ring (bicyclic) bond motifs is 2. The van der Waals surface area contributed by atoms with E-state index in [-0.39, 0.29) is 23.1 Å². The van der Waals surface area contributed by atoms with Gasteiger partial charge in [0.2, 0.25) is 5.91 Å². The Morgan fingerprint density at radius 1 is 1.19 bits per heavy atom. The van der Waals surface area contributed by atoms with Crippen LogP contribution in [-0.2, 0) is 25.3 Å². The van der Waals surface area contributed by atoms with E-state index in [0.717, 1.165) is 22.2 Å². The zero-order chi connectivity index (χ0) is 19.5. The summed E-state index contributed by atoms with van der Waals surface area (Å²) < 4.78 is 3.91. The van der Waals surface area contributed by atoms with Crippen molar-refractivity contribution in [3.63, 3.8) is 0 Å². The number of benzene rings is 1. The van der Waals surface area contributed by atoms with E-state index in [9.17, 15) is 14.4 Å². The Morgan fingerprint density at radius 2 is 1.89 bits per heavy atom. The number of nitrogens with zero attached hydrogens (tertiary/aromatic N) is 5. The zero-order valence-electron chi connectivity index (χ0n) is 15.7. The van der Waals surface area contributed by atoms with Crippen LogP contribution in [0.25, 0.3) is 11.2 Å². The van der Waals surface area contributed by atoms with Crippen molar-refractivity contribution in [3.05, 3.63) is 57.0 Å². The predicted molar refractivity (Wildman–Crippen MR) is 102 cm³/mol. The van der Waals surface area contributed by atoms with Gasteiger partial charge in [-0.15, -0.1) is 0 Å². The first-order valence-electron chi connectivity index (χ1n) is 8.86. The van der Waals surface area contributed by atoms with Gasteiger partial charge in [-0.25, -0.2) is 9.78 Å². The summed E-state index contributed by atoms with van der Waals surface area (Å²) in [6, 6.07) is 7.27. The van der Waals surface area contributed by atoms with Crippen LogP contribution in [0.1, 0.15) is 25.5 Å². The summed E-state index contributed by atoms with van der Waals surface area (Å²) in [7, 11) is 2.99. The second-order valence-corrected chi connectivity index (χ2v) is 7.10. The van der Waals surface area contributed by atoms with Crippen molar-refractivity contribution in [3.8, 4) is 0 Å². The van der Waals surface area contributed by atoms with Gasteiger partial charge in [0.25, 0.3) is 5.56 Å². The quantitative estimate of drug-likeness (QED) is 0.676. The van der Waals surface area contributed by atoms with E-state index in [1.807, 2.05) is 31.2 Å². The molecule has 0 N–H and O–H groups in total. The Morgan fingerprint density at radius 3 is 2.63 bits per heavy atom. The van der Waals surface area contributed by atoms with Gasteiger partial charge in [-0.1, -0.05) is 18.2 Å². The molecule has 0 saturated carbocycles. The van der Waals surface area contributed by atoms with E-state index in [1.165, 1.54) is 17.9 Å². The van der Waals surface area contributed by atoms with Gasteiger partial charge in [0.15, 0.2) is 11.2 Å². The topological polar surface area (TPSA) is 82.1 Å². The van der Waals surface area contributed by atoms with Gasteiger partial charge in [0.1, 0.15) is 6.04 Å². The van der Waals surface area contributed by atoms with Gasteiger partial charge in [-0.3, -0.25) is 18.7 Å².